The molecule has 0 bridgehead atoms. The fourth-order valence-corrected chi connectivity index (χ4v) is 4.63. The highest BCUT2D eigenvalue weighted by atomic mass is 19.4. The molecule has 0 spiro atoms. The van der Waals surface area contributed by atoms with E-state index in [9.17, 15) is 31.1 Å². The zero-order valence-electron chi connectivity index (χ0n) is 21.7. The second-order valence-corrected chi connectivity index (χ2v) is 9.56. The van der Waals surface area contributed by atoms with E-state index in [4.69, 9.17) is 4.74 Å². The Labute approximate surface area is 229 Å². The minimum absolute atomic E-state index is 0.0354. The SMILES string of the molecule is COCCNc1nc(-c2cn3ccnc3c(CCC(F)(F)C(F)(F)F)n2)nc2c1C(C)(c1ccc(F)cc1)C(=O)N2. The van der Waals surface area contributed by atoms with Crippen LogP contribution in [-0.2, 0) is 21.4 Å². The van der Waals surface area contributed by atoms with Crippen LogP contribution in [-0.4, -0.2) is 62.6 Å². The first kappa shape index (κ1) is 28.3. The van der Waals surface area contributed by atoms with Crippen molar-refractivity contribution in [2.75, 3.05) is 30.9 Å². The van der Waals surface area contributed by atoms with Crippen molar-refractivity contribution in [1.82, 2.24) is 24.3 Å². The van der Waals surface area contributed by atoms with E-state index in [1.54, 1.807) is 6.92 Å². The average molecular weight is 580 g/mol. The number of hydrogen-bond acceptors (Lipinski definition) is 7. The number of hydrogen-bond donors (Lipinski definition) is 2. The van der Waals surface area contributed by atoms with Crippen LogP contribution in [0.5, 0.6) is 0 Å². The number of imidazole rings is 1. The van der Waals surface area contributed by atoms with E-state index in [0.29, 0.717) is 11.1 Å². The Morgan fingerprint density at radius 2 is 1.83 bits per heavy atom. The van der Waals surface area contributed by atoms with Gasteiger partial charge in [0.2, 0.25) is 5.91 Å². The van der Waals surface area contributed by atoms with Gasteiger partial charge in [-0.1, -0.05) is 12.1 Å². The van der Waals surface area contributed by atoms with Gasteiger partial charge in [-0.15, -0.1) is 0 Å². The smallest absolute Gasteiger partial charge is 0.383 e. The molecular formula is C26H23F6N7O2. The summed E-state index contributed by atoms with van der Waals surface area (Å²) in [4.78, 5) is 30.7. The number of halogens is 6. The second-order valence-electron chi connectivity index (χ2n) is 9.56. The molecule has 3 aromatic heterocycles. The van der Waals surface area contributed by atoms with Crippen molar-refractivity contribution in [1.29, 1.82) is 0 Å². The van der Waals surface area contributed by atoms with Gasteiger partial charge in [-0.05, 0) is 31.0 Å². The number of rotatable bonds is 9. The molecule has 41 heavy (non-hydrogen) atoms. The van der Waals surface area contributed by atoms with Crippen LogP contribution in [0.15, 0.2) is 42.9 Å². The van der Waals surface area contributed by atoms with Gasteiger partial charge in [0.25, 0.3) is 0 Å². The molecule has 1 aliphatic rings. The van der Waals surface area contributed by atoms with Crippen molar-refractivity contribution in [2.24, 2.45) is 0 Å². The van der Waals surface area contributed by atoms with Crippen molar-refractivity contribution >= 4 is 23.2 Å². The average Bonchev–Trinajstić information content (AvgIpc) is 3.49. The molecule has 9 nitrogen and oxygen atoms in total. The Hall–Kier alpha value is -4.27. The van der Waals surface area contributed by atoms with E-state index in [2.05, 4.69) is 30.6 Å². The number of aryl methyl sites for hydroxylation is 1. The Kier molecular flexibility index (Phi) is 7.09. The number of amides is 1. The lowest BCUT2D eigenvalue weighted by molar-refractivity contribution is -0.284. The highest BCUT2D eigenvalue weighted by Crippen LogP contribution is 2.46. The number of benzene rings is 1. The molecule has 4 aromatic rings. The topological polar surface area (TPSA) is 106 Å². The van der Waals surface area contributed by atoms with Crippen LogP contribution in [0.4, 0.5) is 38.0 Å². The molecule has 1 atom stereocenters. The van der Waals surface area contributed by atoms with Gasteiger partial charge in [0.1, 0.15) is 28.6 Å². The number of aromatic nitrogens is 5. The van der Waals surface area contributed by atoms with Gasteiger partial charge in [-0.25, -0.2) is 24.3 Å². The number of carbonyl (C=O) groups is 1. The van der Waals surface area contributed by atoms with E-state index in [1.165, 1.54) is 54.4 Å². The normalized spacial score (nSPS) is 17.1. The highest BCUT2D eigenvalue weighted by Gasteiger charge is 2.56. The Morgan fingerprint density at radius 1 is 1.10 bits per heavy atom. The number of anilines is 2. The zero-order valence-corrected chi connectivity index (χ0v) is 21.7. The first-order valence-electron chi connectivity index (χ1n) is 12.4. The number of carbonyl (C=O) groups excluding carboxylic acids is 1. The molecule has 1 aliphatic heterocycles. The molecule has 1 unspecified atom stereocenters. The molecule has 2 N–H and O–H groups in total. The lowest BCUT2D eigenvalue weighted by Crippen LogP contribution is -2.36. The zero-order chi connectivity index (χ0) is 29.6. The summed E-state index contributed by atoms with van der Waals surface area (Å²) in [6.07, 6.45) is -3.70. The maximum Gasteiger partial charge on any atom is 0.453 e. The van der Waals surface area contributed by atoms with Crippen LogP contribution < -0.4 is 10.6 Å². The molecule has 4 heterocycles. The number of ether oxygens (including phenoxy) is 1. The summed E-state index contributed by atoms with van der Waals surface area (Å²) in [5.41, 5.74) is -0.427. The predicted molar refractivity (Wildman–Crippen MR) is 135 cm³/mol. The van der Waals surface area contributed by atoms with Crippen molar-refractivity contribution in [3.05, 3.63) is 65.5 Å². The predicted octanol–water partition coefficient (Wildman–Crippen LogP) is 4.77. The van der Waals surface area contributed by atoms with Crippen LogP contribution in [0.2, 0.25) is 0 Å². The van der Waals surface area contributed by atoms with Crippen LogP contribution in [0.1, 0.15) is 30.2 Å². The van der Waals surface area contributed by atoms with E-state index in [-0.39, 0.29) is 47.6 Å². The van der Waals surface area contributed by atoms with Gasteiger partial charge >= 0.3 is 12.1 Å². The lowest BCUT2D eigenvalue weighted by Gasteiger charge is -2.25. The molecule has 216 valence electrons. The molecule has 1 aromatic carbocycles. The molecule has 0 saturated carbocycles. The molecule has 0 saturated heterocycles. The number of nitrogens with zero attached hydrogens (tertiary/aromatic N) is 5. The molecule has 1 amide bonds. The summed E-state index contributed by atoms with van der Waals surface area (Å²) in [5, 5.41) is 5.83. The second kappa shape index (κ2) is 10.3. The van der Waals surface area contributed by atoms with Crippen molar-refractivity contribution < 1.29 is 35.9 Å². The summed E-state index contributed by atoms with van der Waals surface area (Å²) < 4.78 is 86.0. The van der Waals surface area contributed by atoms with Gasteiger partial charge in [0.15, 0.2) is 11.5 Å². The summed E-state index contributed by atoms with van der Waals surface area (Å²) in [6.45, 7) is 2.19. The van der Waals surface area contributed by atoms with Gasteiger partial charge in [0, 0.05) is 38.7 Å². The monoisotopic (exact) mass is 579 g/mol. The fraction of sp³-hybridized carbons (Fsp3) is 0.346. The van der Waals surface area contributed by atoms with E-state index in [0.717, 1.165) is 0 Å². The largest absolute Gasteiger partial charge is 0.453 e. The van der Waals surface area contributed by atoms with Gasteiger partial charge in [-0.3, -0.25) is 4.79 Å². The first-order chi connectivity index (χ1) is 19.3. The minimum Gasteiger partial charge on any atom is -0.383 e. The quantitative estimate of drug-likeness (QED) is 0.217. The number of alkyl halides is 5. The Bertz CT molecular complexity index is 1610. The van der Waals surface area contributed by atoms with Crippen molar-refractivity contribution in [2.45, 2.75) is 37.3 Å². The van der Waals surface area contributed by atoms with Crippen LogP contribution in [0.25, 0.3) is 17.2 Å². The van der Waals surface area contributed by atoms with Crippen LogP contribution in [0.3, 0.4) is 0 Å². The first-order valence-corrected chi connectivity index (χ1v) is 12.4. The Morgan fingerprint density at radius 3 is 2.51 bits per heavy atom. The fourth-order valence-electron chi connectivity index (χ4n) is 4.63. The number of nitrogens with one attached hydrogen (secondary N) is 2. The maximum atomic E-state index is 13.7. The summed E-state index contributed by atoms with van der Waals surface area (Å²) in [5.74, 6) is -5.54. The summed E-state index contributed by atoms with van der Waals surface area (Å²) >= 11 is 0. The van der Waals surface area contributed by atoms with Crippen LogP contribution in [0, 0.1) is 5.82 Å². The third kappa shape index (κ3) is 5.05. The minimum atomic E-state index is -5.71. The van der Waals surface area contributed by atoms with Crippen molar-refractivity contribution in [3.8, 4) is 11.5 Å². The molecule has 5 rings (SSSR count). The van der Waals surface area contributed by atoms with Gasteiger partial charge < -0.3 is 19.8 Å². The molecule has 0 radical (unpaired) electrons. The van der Waals surface area contributed by atoms with Gasteiger partial charge in [0.05, 0.1) is 17.9 Å². The molecule has 0 fully saturated rings. The molecule has 0 aliphatic carbocycles. The summed E-state index contributed by atoms with van der Waals surface area (Å²) in [6, 6.07) is 5.42. The van der Waals surface area contributed by atoms with E-state index >= 15 is 0 Å². The van der Waals surface area contributed by atoms with E-state index < -0.39 is 42.1 Å². The standard InChI is InChI=1S/C26H23F6N7O2/c1-24(14-3-5-15(27)6-4-14)18-20(33-10-12-41-2)36-19(37-21(18)38-23(24)40)17-13-39-11-9-34-22(39)16(35-17)7-8-25(28,29)26(30,31)32/h3-6,9,11,13H,7-8,10,12H2,1-2H3,(H2,33,36,37,38,40). The number of fused-ring (bicyclic) bond motifs is 2. The lowest BCUT2D eigenvalue weighted by atomic mass is 9.77. The van der Waals surface area contributed by atoms with Crippen molar-refractivity contribution in [3.63, 3.8) is 0 Å². The third-order valence-electron chi connectivity index (χ3n) is 6.88. The maximum absolute atomic E-state index is 13.7. The Balaban J connectivity index is 1.61. The number of methoxy groups -OCH3 is 1. The van der Waals surface area contributed by atoms with Crippen LogP contribution >= 0.6 is 0 Å². The molecular weight excluding hydrogens is 556 g/mol. The molecule has 15 heteroatoms. The van der Waals surface area contributed by atoms with E-state index in [1.807, 2.05) is 0 Å². The third-order valence-corrected chi connectivity index (χ3v) is 6.88. The summed E-state index contributed by atoms with van der Waals surface area (Å²) in [7, 11) is 1.50. The van der Waals surface area contributed by atoms with Gasteiger partial charge in [-0.2, -0.15) is 22.0 Å². The highest BCUT2D eigenvalue weighted by molar-refractivity contribution is 6.09.